The first kappa shape index (κ1) is 27.5. The highest BCUT2D eigenvalue weighted by atomic mass is 19.1. The van der Waals surface area contributed by atoms with Crippen LogP contribution in [0.3, 0.4) is 0 Å². The van der Waals surface area contributed by atoms with Gasteiger partial charge in [-0.2, -0.15) is 9.89 Å². The van der Waals surface area contributed by atoms with Crippen molar-refractivity contribution >= 4 is 28.2 Å². The summed E-state index contributed by atoms with van der Waals surface area (Å²) < 4.78 is 46.2. The Morgan fingerprint density at radius 2 is 1.77 bits per heavy atom. The Hall–Kier alpha value is -4.09. The highest BCUT2D eigenvalue weighted by molar-refractivity contribution is 6.07. The first-order chi connectivity index (χ1) is 19.4. The third-order valence-corrected chi connectivity index (χ3v) is 7.04. The van der Waals surface area contributed by atoms with Crippen molar-refractivity contribution in [3.63, 3.8) is 0 Å². The molecule has 210 valence electrons. The number of benzene rings is 3. The molecule has 1 unspecified atom stereocenters. The zero-order valence-corrected chi connectivity index (χ0v) is 22.3. The molecule has 8 nitrogen and oxygen atoms in total. The highest BCUT2D eigenvalue weighted by Gasteiger charge is 2.24. The Morgan fingerprint density at radius 1 is 1.02 bits per heavy atom. The van der Waals surface area contributed by atoms with E-state index < -0.39 is 24.4 Å². The van der Waals surface area contributed by atoms with Crippen molar-refractivity contribution < 1.29 is 22.7 Å². The summed E-state index contributed by atoms with van der Waals surface area (Å²) in [5.74, 6) is -1.74. The van der Waals surface area contributed by atoms with E-state index in [2.05, 4.69) is 32.7 Å². The van der Waals surface area contributed by atoms with E-state index in [-0.39, 0.29) is 12.5 Å². The Balaban J connectivity index is 1.43. The number of fused-ring (bicyclic) bond motifs is 1. The van der Waals surface area contributed by atoms with Crippen LogP contribution in [-0.2, 0) is 4.74 Å². The van der Waals surface area contributed by atoms with Crippen LogP contribution in [0.15, 0.2) is 60.8 Å². The minimum absolute atomic E-state index is 0.142. The molecular weight excluding hydrogens is 521 g/mol. The summed E-state index contributed by atoms with van der Waals surface area (Å²) in [5.41, 5.74) is 6.38. The van der Waals surface area contributed by atoms with Crippen LogP contribution in [0, 0.1) is 11.6 Å². The van der Waals surface area contributed by atoms with Crippen molar-refractivity contribution in [1.29, 1.82) is 0 Å². The van der Waals surface area contributed by atoms with Gasteiger partial charge in [0.05, 0.1) is 28.7 Å². The van der Waals surface area contributed by atoms with Gasteiger partial charge in [0.1, 0.15) is 24.4 Å². The summed E-state index contributed by atoms with van der Waals surface area (Å²) in [6, 6.07) is 14.0. The lowest BCUT2D eigenvalue weighted by atomic mass is 10.00. The first-order valence-electron chi connectivity index (χ1n) is 13.0. The van der Waals surface area contributed by atoms with Gasteiger partial charge in [0.2, 0.25) is 0 Å². The fourth-order valence-electron chi connectivity index (χ4n) is 5.07. The summed E-state index contributed by atoms with van der Waals surface area (Å²) in [6.07, 6.45) is 0.900. The highest BCUT2D eigenvalue weighted by Crippen LogP contribution is 2.32. The predicted octanol–water partition coefficient (Wildman–Crippen LogP) is 4.57. The second kappa shape index (κ2) is 12.0. The Kier molecular flexibility index (Phi) is 8.22. The van der Waals surface area contributed by atoms with Gasteiger partial charge in [-0.15, -0.1) is 0 Å². The van der Waals surface area contributed by atoms with E-state index in [0.29, 0.717) is 33.3 Å². The number of piperazine rings is 1. The normalized spacial score (nSPS) is 14.9. The average Bonchev–Trinajstić information content (AvgIpc) is 3.34. The van der Waals surface area contributed by atoms with Gasteiger partial charge in [0.15, 0.2) is 0 Å². The number of methoxy groups -OCH3 is 1. The van der Waals surface area contributed by atoms with Crippen LogP contribution in [0.5, 0.6) is 0 Å². The SMILES string of the molecule is COC(c1cc(F)cc(F)c1)c1ccc2c(cnn2NC(=O)c2cccc(NCCF)c2N2CCN(C)CC2)c1. The zero-order chi connectivity index (χ0) is 28.2. The van der Waals surface area contributed by atoms with Crippen molar-refractivity contribution in [2.24, 2.45) is 0 Å². The standard InChI is InChI=1S/C29H31F3N6O2/c1-36-10-12-37(13-11-36)27-24(4-3-5-25(27)33-9-8-30)29(39)35-38-26-7-6-19(14-21(26)18-34-38)28(40-2)20-15-22(31)17-23(32)16-20/h3-7,14-18,28,33H,8-13H2,1-2H3,(H,35,39). The fraction of sp³-hybridized carbons (Fsp3) is 0.310. The summed E-state index contributed by atoms with van der Waals surface area (Å²) in [4.78, 5) is 19.3. The lowest BCUT2D eigenvalue weighted by Crippen LogP contribution is -2.45. The number of hydrogen-bond acceptors (Lipinski definition) is 6. The molecule has 1 amide bonds. The third-order valence-electron chi connectivity index (χ3n) is 7.04. The smallest absolute Gasteiger partial charge is 0.273 e. The van der Waals surface area contributed by atoms with E-state index >= 15 is 0 Å². The number of nitrogens with zero attached hydrogens (tertiary/aromatic N) is 4. The average molecular weight is 553 g/mol. The van der Waals surface area contributed by atoms with Gasteiger partial charge in [-0.05, 0) is 54.6 Å². The molecule has 0 aliphatic carbocycles. The van der Waals surface area contributed by atoms with Crippen LogP contribution in [0.25, 0.3) is 10.9 Å². The molecule has 2 heterocycles. The van der Waals surface area contributed by atoms with Gasteiger partial charge in [0.25, 0.3) is 5.91 Å². The van der Waals surface area contributed by atoms with E-state index in [9.17, 15) is 18.0 Å². The van der Waals surface area contributed by atoms with Gasteiger partial charge < -0.3 is 19.9 Å². The molecule has 1 saturated heterocycles. The number of carbonyl (C=O) groups is 1. The van der Waals surface area contributed by atoms with Crippen molar-refractivity contribution in [2.45, 2.75) is 6.10 Å². The van der Waals surface area contributed by atoms with Crippen LogP contribution in [0.2, 0.25) is 0 Å². The molecule has 1 aromatic heterocycles. The fourth-order valence-corrected chi connectivity index (χ4v) is 5.07. The molecule has 0 bridgehead atoms. The lowest BCUT2D eigenvalue weighted by molar-refractivity contribution is 0.101. The molecular formula is C29H31F3N6O2. The minimum atomic E-state index is -0.696. The number of amides is 1. The van der Waals surface area contributed by atoms with E-state index in [1.165, 1.54) is 24.0 Å². The van der Waals surface area contributed by atoms with Crippen molar-refractivity contribution in [1.82, 2.24) is 14.8 Å². The zero-order valence-electron chi connectivity index (χ0n) is 22.3. The number of rotatable bonds is 9. The second-order valence-corrected chi connectivity index (χ2v) is 9.74. The van der Waals surface area contributed by atoms with Crippen LogP contribution in [-0.4, -0.2) is 74.3 Å². The summed E-state index contributed by atoms with van der Waals surface area (Å²) >= 11 is 0. The number of likely N-dealkylation sites (N-methyl/N-ethyl adjacent to an activating group) is 1. The quantitative estimate of drug-likeness (QED) is 0.317. The summed E-state index contributed by atoms with van der Waals surface area (Å²) in [6.45, 7) is 2.76. The summed E-state index contributed by atoms with van der Waals surface area (Å²) in [7, 11) is 3.52. The largest absolute Gasteiger partial charge is 0.381 e. The van der Waals surface area contributed by atoms with Crippen molar-refractivity contribution in [3.8, 4) is 0 Å². The maximum Gasteiger partial charge on any atom is 0.273 e. The molecule has 1 atom stereocenters. The molecule has 11 heteroatoms. The molecule has 0 saturated carbocycles. The second-order valence-electron chi connectivity index (χ2n) is 9.74. The van der Waals surface area contributed by atoms with E-state index in [0.717, 1.165) is 37.9 Å². The van der Waals surface area contributed by atoms with Crippen LogP contribution >= 0.6 is 0 Å². The van der Waals surface area contributed by atoms with Gasteiger partial charge in [0, 0.05) is 51.3 Å². The van der Waals surface area contributed by atoms with Crippen molar-refractivity contribution in [3.05, 3.63) is 89.1 Å². The Labute approximate surface area is 230 Å². The number of anilines is 2. The van der Waals surface area contributed by atoms with E-state index in [1.807, 2.05) is 6.07 Å². The topological polar surface area (TPSA) is 74.7 Å². The molecule has 1 aliphatic heterocycles. The molecule has 0 radical (unpaired) electrons. The van der Waals surface area contributed by atoms with Gasteiger partial charge >= 0.3 is 0 Å². The van der Waals surface area contributed by atoms with E-state index in [1.54, 1.807) is 36.5 Å². The summed E-state index contributed by atoms with van der Waals surface area (Å²) in [5, 5.41) is 8.16. The van der Waals surface area contributed by atoms with E-state index in [4.69, 9.17) is 4.74 Å². The minimum Gasteiger partial charge on any atom is -0.381 e. The number of aromatic nitrogens is 2. The number of carbonyl (C=O) groups excluding carboxylic acids is 1. The third kappa shape index (κ3) is 5.75. The number of ether oxygens (including phenoxy) is 1. The molecule has 40 heavy (non-hydrogen) atoms. The first-order valence-corrected chi connectivity index (χ1v) is 13.0. The maximum absolute atomic E-state index is 13.8. The lowest BCUT2D eigenvalue weighted by Gasteiger charge is -2.36. The van der Waals surface area contributed by atoms with Gasteiger partial charge in [-0.3, -0.25) is 4.79 Å². The van der Waals surface area contributed by atoms with Crippen molar-refractivity contribution in [2.75, 3.05) is 69.2 Å². The molecule has 2 N–H and O–H groups in total. The Morgan fingerprint density at radius 3 is 2.48 bits per heavy atom. The van der Waals surface area contributed by atoms with Crippen LogP contribution < -0.4 is 15.6 Å². The van der Waals surface area contributed by atoms with Crippen LogP contribution in [0.1, 0.15) is 27.6 Å². The number of hydrogen-bond donors (Lipinski definition) is 2. The molecule has 1 fully saturated rings. The molecule has 0 spiro atoms. The number of nitrogens with one attached hydrogen (secondary N) is 2. The number of halogens is 3. The Bertz CT molecular complexity index is 1480. The molecule has 1 aliphatic rings. The number of para-hydroxylation sites is 1. The molecule has 4 aromatic rings. The molecule has 5 rings (SSSR count). The van der Waals surface area contributed by atoms with Gasteiger partial charge in [-0.25, -0.2) is 18.6 Å². The molecule has 3 aromatic carbocycles. The van der Waals surface area contributed by atoms with Gasteiger partial charge in [-0.1, -0.05) is 12.1 Å². The van der Waals surface area contributed by atoms with Crippen LogP contribution in [0.4, 0.5) is 24.5 Å². The maximum atomic E-state index is 13.8. The number of alkyl halides is 1. The predicted molar refractivity (Wildman–Crippen MR) is 149 cm³/mol. The monoisotopic (exact) mass is 552 g/mol.